The Bertz CT molecular complexity index is 1670. The number of nitriles is 2. The van der Waals surface area contributed by atoms with Gasteiger partial charge in [-0.05, 0) is 49.9 Å². The second kappa shape index (κ2) is 15.1. The highest BCUT2D eigenvalue weighted by Gasteiger charge is 2.24. The molecule has 0 saturated carbocycles. The summed E-state index contributed by atoms with van der Waals surface area (Å²) in [7, 11) is 0. The van der Waals surface area contributed by atoms with Gasteiger partial charge in [-0.15, -0.1) is 0 Å². The van der Waals surface area contributed by atoms with Crippen molar-refractivity contribution in [2.45, 2.75) is 70.7 Å². The van der Waals surface area contributed by atoms with Crippen LogP contribution in [0.4, 0.5) is 8.78 Å². The van der Waals surface area contributed by atoms with Crippen molar-refractivity contribution in [3.63, 3.8) is 0 Å². The molecule has 1 aliphatic heterocycles. The van der Waals surface area contributed by atoms with Gasteiger partial charge in [-0.2, -0.15) is 15.5 Å². The maximum Gasteiger partial charge on any atom is 0.216 e. The van der Waals surface area contributed by atoms with Gasteiger partial charge in [-0.1, -0.05) is 40.9 Å². The molecule has 0 radical (unpaired) electrons. The highest BCUT2D eigenvalue weighted by molar-refractivity contribution is 9.10. The van der Waals surface area contributed by atoms with Gasteiger partial charge in [-0.25, -0.2) is 13.8 Å². The Morgan fingerprint density at radius 3 is 2.50 bits per heavy atom. The van der Waals surface area contributed by atoms with E-state index in [1.165, 1.54) is 18.2 Å². The fourth-order valence-electron chi connectivity index (χ4n) is 5.38. The SMILES string of the molecule is N#CCCCCCCn1c(CN2CCC(Oc3cccc(OCc4ccc(C#N)cc4F)n3)CC2)nc2c(F)cc(Br)cc21. The van der Waals surface area contributed by atoms with Gasteiger partial charge >= 0.3 is 0 Å². The number of pyridine rings is 1. The van der Waals surface area contributed by atoms with Crippen molar-refractivity contribution in [1.29, 1.82) is 10.5 Å². The fourth-order valence-corrected chi connectivity index (χ4v) is 5.80. The van der Waals surface area contributed by atoms with E-state index in [9.17, 15) is 8.78 Å². The van der Waals surface area contributed by atoms with Crippen molar-refractivity contribution in [3.05, 3.63) is 81.6 Å². The predicted molar refractivity (Wildman–Crippen MR) is 165 cm³/mol. The highest BCUT2D eigenvalue weighted by atomic mass is 79.9. The summed E-state index contributed by atoms with van der Waals surface area (Å²) in [5.74, 6) is 0.782. The monoisotopic (exact) mass is 662 g/mol. The first-order chi connectivity index (χ1) is 21.4. The van der Waals surface area contributed by atoms with Crippen LogP contribution in [0.15, 0.2) is 53.0 Å². The molecule has 1 aliphatic rings. The lowest BCUT2D eigenvalue weighted by atomic mass is 10.1. The molecule has 3 heterocycles. The Hall–Kier alpha value is -4.06. The molecule has 0 spiro atoms. The Morgan fingerprint density at radius 1 is 0.932 bits per heavy atom. The summed E-state index contributed by atoms with van der Waals surface area (Å²) >= 11 is 3.43. The van der Waals surface area contributed by atoms with Crippen LogP contribution in [-0.4, -0.2) is 38.6 Å². The summed E-state index contributed by atoms with van der Waals surface area (Å²) in [5, 5.41) is 17.7. The molecule has 0 N–H and O–H groups in total. The van der Waals surface area contributed by atoms with E-state index >= 15 is 0 Å². The van der Waals surface area contributed by atoms with Crippen molar-refractivity contribution in [2.24, 2.45) is 0 Å². The molecule has 1 saturated heterocycles. The minimum absolute atomic E-state index is 0.0147. The van der Waals surface area contributed by atoms with E-state index in [4.69, 9.17) is 25.0 Å². The number of likely N-dealkylation sites (tertiary alicyclic amines) is 1. The van der Waals surface area contributed by atoms with E-state index in [0.717, 1.165) is 69.5 Å². The number of unbranched alkanes of at least 4 members (excludes halogenated alkanes) is 4. The van der Waals surface area contributed by atoms with Crippen LogP contribution in [0, 0.1) is 34.3 Å². The quantitative estimate of drug-likeness (QED) is 0.137. The van der Waals surface area contributed by atoms with Gasteiger partial charge < -0.3 is 14.0 Å². The first kappa shape index (κ1) is 31.4. The third-order valence-corrected chi connectivity index (χ3v) is 8.17. The molecule has 4 aromatic rings. The van der Waals surface area contributed by atoms with E-state index in [0.29, 0.717) is 40.3 Å². The van der Waals surface area contributed by atoms with E-state index in [-0.39, 0.29) is 24.1 Å². The Balaban J connectivity index is 1.16. The van der Waals surface area contributed by atoms with Gasteiger partial charge in [0.15, 0.2) is 5.82 Å². The van der Waals surface area contributed by atoms with Gasteiger partial charge in [0.05, 0.1) is 29.8 Å². The number of benzene rings is 2. The van der Waals surface area contributed by atoms with Gasteiger partial charge in [0.2, 0.25) is 11.8 Å². The van der Waals surface area contributed by atoms with E-state index < -0.39 is 5.82 Å². The van der Waals surface area contributed by atoms with Crippen LogP contribution in [0.2, 0.25) is 0 Å². The molecule has 1 fully saturated rings. The van der Waals surface area contributed by atoms with Crippen LogP contribution in [0.1, 0.15) is 61.9 Å². The highest BCUT2D eigenvalue weighted by Crippen LogP contribution is 2.27. The van der Waals surface area contributed by atoms with Crippen LogP contribution < -0.4 is 9.47 Å². The number of imidazole rings is 1. The summed E-state index contributed by atoms with van der Waals surface area (Å²) < 4.78 is 43.7. The predicted octanol–water partition coefficient (Wildman–Crippen LogP) is 7.44. The molecule has 5 rings (SSSR count). The lowest BCUT2D eigenvalue weighted by Crippen LogP contribution is -2.38. The molecular weight excluding hydrogens is 630 g/mol. The zero-order valence-electron chi connectivity index (χ0n) is 24.3. The van der Waals surface area contributed by atoms with Crippen molar-refractivity contribution >= 4 is 27.0 Å². The Morgan fingerprint density at radius 2 is 1.73 bits per heavy atom. The van der Waals surface area contributed by atoms with Crippen molar-refractivity contribution in [1.82, 2.24) is 19.4 Å². The third kappa shape index (κ3) is 8.10. The van der Waals surface area contributed by atoms with Crippen LogP contribution in [0.3, 0.4) is 0 Å². The maximum absolute atomic E-state index is 14.8. The number of fused-ring (bicyclic) bond motifs is 1. The van der Waals surface area contributed by atoms with Crippen molar-refractivity contribution < 1.29 is 18.3 Å². The molecule has 0 amide bonds. The lowest BCUT2D eigenvalue weighted by molar-refractivity contribution is 0.0905. The van der Waals surface area contributed by atoms with Gasteiger partial charge in [-0.3, -0.25) is 4.90 Å². The Kier molecular flexibility index (Phi) is 10.8. The molecule has 0 bridgehead atoms. The van der Waals surface area contributed by atoms with Crippen LogP contribution >= 0.6 is 15.9 Å². The number of hydrogen-bond acceptors (Lipinski definition) is 7. The number of rotatable bonds is 13. The number of piperidine rings is 1. The van der Waals surface area contributed by atoms with Crippen LogP contribution in [0.25, 0.3) is 11.0 Å². The molecule has 228 valence electrons. The first-order valence-corrected chi connectivity index (χ1v) is 15.6. The summed E-state index contributed by atoms with van der Waals surface area (Å²) in [5.41, 5.74) is 1.77. The molecule has 11 heteroatoms. The molecular formula is C33H33BrF2N6O2. The number of aromatic nitrogens is 3. The van der Waals surface area contributed by atoms with Gasteiger partial charge in [0, 0.05) is 48.2 Å². The minimum Gasteiger partial charge on any atom is -0.474 e. The average molecular weight is 664 g/mol. The van der Waals surface area contributed by atoms with Crippen molar-refractivity contribution in [3.8, 4) is 23.9 Å². The largest absolute Gasteiger partial charge is 0.474 e. The molecule has 2 aromatic carbocycles. The summed E-state index contributed by atoms with van der Waals surface area (Å²) in [6, 6.07) is 17.0. The topological polar surface area (TPSA) is 100.0 Å². The first-order valence-electron chi connectivity index (χ1n) is 14.8. The second-order valence-corrected chi connectivity index (χ2v) is 11.8. The van der Waals surface area contributed by atoms with Gasteiger partial charge in [0.25, 0.3) is 0 Å². The fraction of sp³-hybridized carbons (Fsp3) is 0.394. The number of halogens is 3. The van der Waals surface area contributed by atoms with Crippen LogP contribution in [-0.2, 0) is 19.7 Å². The number of hydrogen-bond donors (Lipinski definition) is 0. The molecule has 44 heavy (non-hydrogen) atoms. The van der Waals surface area contributed by atoms with E-state index in [2.05, 4.69) is 36.5 Å². The summed E-state index contributed by atoms with van der Waals surface area (Å²) in [6.45, 7) is 2.93. The van der Waals surface area contributed by atoms with Crippen LogP contribution in [0.5, 0.6) is 11.8 Å². The number of nitrogens with zero attached hydrogens (tertiary/aromatic N) is 6. The number of aryl methyl sites for hydroxylation is 1. The van der Waals surface area contributed by atoms with Crippen molar-refractivity contribution in [2.75, 3.05) is 13.1 Å². The Labute approximate surface area is 264 Å². The summed E-state index contributed by atoms with van der Waals surface area (Å²) in [4.78, 5) is 11.5. The maximum atomic E-state index is 14.8. The number of ether oxygens (including phenoxy) is 2. The molecule has 0 aliphatic carbocycles. The normalized spacial score (nSPS) is 13.9. The zero-order chi connectivity index (χ0) is 30.9. The minimum atomic E-state index is -0.496. The molecule has 2 aromatic heterocycles. The van der Waals surface area contributed by atoms with Gasteiger partial charge in [0.1, 0.15) is 29.9 Å². The third-order valence-electron chi connectivity index (χ3n) is 7.71. The molecule has 8 nitrogen and oxygen atoms in total. The van der Waals surface area contributed by atoms with E-state index in [1.54, 1.807) is 24.3 Å². The lowest BCUT2D eigenvalue weighted by Gasteiger charge is -2.31. The standard InChI is InChI=1S/C33H33BrF2N6O2/c34-25-18-28(36)33-29(19-25)42(14-5-3-1-2-4-13-37)30(39-33)21-41-15-11-26(12-16-41)44-32-8-6-7-31(40-32)43-22-24-10-9-23(20-38)17-27(24)35/h6-10,17-19,26H,1-5,11-12,14-16,21-22H2. The molecule has 0 atom stereocenters. The summed E-state index contributed by atoms with van der Waals surface area (Å²) in [6.07, 6.45) is 5.99. The second-order valence-electron chi connectivity index (χ2n) is 10.9. The smallest absolute Gasteiger partial charge is 0.216 e. The van der Waals surface area contributed by atoms with E-state index in [1.807, 2.05) is 12.1 Å². The average Bonchev–Trinajstić information content (AvgIpc) is 3.36. The zero-order valence-corrected chi connectivity index (χ0v) is 25.9. The molecule has 0 unspecified atom stereocenters.